The van der Waals surface area contributed by atoms with Crippen LogP contribution < -0.4 is 5.32 Å². The largest absolute Gasteiger partial charge is 0.481 e. The maximum absolute atomic E-state index is 10.3. The van der Waals surface area contributed by atoms with E-state index in [0.29, 0.717) is 13.1 Å². The molecule has 1 aromatic heterocycles. The molecular formula is C11H19N3O2. The van der Waals surface area contributed by atoms with E-state index in [1.54, 1.807) is 6.20 Å². The Labute approximate surface area is 95.5 Å². The van der Waals surface area contributed by atoms with Crippen molar-refractivity contribution in [2.75, 3.05) is 6.54 Å². The van der Waals surface area contributed by atoms with Gasteiger partial charge in [-0.3, -0.25) is 4.79 Å². The van der Waals surface area contributed by atoms with Crippen molar-refractivity contribution < 1.29 is 9.90 Å². The second kappa shape index (κ2) is 7.00. The summed E-state index contributed by atoms with van der Waals surface area (Å²) in [6.45, 7) is 4.24. The number of rotatable bonds is 8. The van der Waals surface area contributed by atoms with Gasteiger partial charge in [-0.25, -0.2) is 4.98 Å². The van der Waals surface area contributed by atoms with Crippen LogP contribution in [0.25, 0.3) is 0 Å². The summed E-state index contributed by atoms with van der Waals surface area (Å²) >= 11 is 0. The average molecular weight is 225 g/mol. The van der Waals surface area contributed by atoms with Gasteiger partial charge in [0, 0.05) is 25.5 Å². The summed E-state index contributed by atoms with van der Waals surface area (Å²) in [5, 5.41) is 11.6. The highest BCUT2D eigenvalue weighted by Gasteiger charge is 2.02. The van der Waals surface area contributed by atoms with E-state index in [4.69, 9.17) is 5.11 Å². The van der Waals surface area contributed by atoms with Crippen LogP contribution in [0.1, 0.15) is 32.0 Å². The SMILES string of the molecule is CCCCn1ccnc1CNCCC(=O)O. The van der Waals surface area contributed by atoms with Crippen molar-refractivity contribution in [1.82, 2.24) is 14.9 Å². The molecule has 1 rings (SSSR count). The summed E-state index contributed by atoms with van der Waals surface area (Å²) in [6, 6.07) is 0. The molecule has 0 aromatic carbocycles. The van der Waals surface area contributed by atoms with Crippen LogP contribution in [0.3, 0.4) is 0 Å². The molecule has 5 heteroatoms. The lowest BCUT2D eigenvalue weighted by Gasteiger charge is -2.07. The van der Waals surface area contributed by atoms with Crippen LogP contribution in [0.15, 0.2) is 12.4 Å². The van der Waals surface area contributed by atoms with Crippen LogP contribution in [0.5, 0.6) is 0 Å². The number of aryl methyl sites for hydroxylation is 1. The number of nitrogens with one attached hydrogen (secondary N) is 1. The number of hydrogen-bond donors (Lipinski definition) is 2. The lowest BCUT2D eigenvalue weighted by molar-refractivity contribution is -0.136. The Morgan fingerprint density at radius 1 is 1.62 bits per heavy atom. The monoisotopic (exact) mass is 225 g/mol. The lowest BCUT2D eigenvalue weighted by atomic mass is 10.3. The molecule has 5 nitrogen and oxygen atoms in total. The van der Waals surface area contributed by atoms with Crippen LogP contribution in [0, 0.1) is 0 Å². The molecule has 1 aromatic rings. The maximum atomic E-state index is 10.3. The van der Waals surface area contributed by atoms with Crippen LogP contribution in [0.2, 0.25) is 0 Å². The highest BCUT2D eigenvalue weighted by Crippen LogP contribution is 2.00. The molecule has 0 spiro atoms. The number of carbonyl (C=O) groups is 1. The second-order valence-corrected chi connectivity index (χ2v) is 3.71. The van der Waals surface area contributed by atoms with Crippen molar-refractivity contribution in [3.8, 4) is 0 Å². The van der Waals surface area contributed by atoms with E-state index in [0.717, 1.165) is 25.2 Å². The number of nitrogens with zero attached hydrogens (tertiary/aromatic N) is 2. The molecule has 0 atom stereocenters. The van der Waals surface area contributed by atoms with Gasteiger partial charge in [-0.05, 0) is 6.42 Å². The predicted octanol–water partition coefficient (Wildman–Crippen LogP) is 1.25. The number of imidazole rings is 1. The van der Waals surface area contributed by atoms with Gasteiger partial charge < -0.3 is 15.0 Å². The Bertz CT molecular complexity index is 323. The van der Waals surface area contributed by atoms with Crippen LogP contribution >= 0.6 is 0 Å². The quantitative estimate of drug-likeness (QED) is 0.653. The number of carboxylic acids is 1. The van der Waals surface area contributed by atoms with Crippen molar-refractivity contribution in [2.45, 2.75) is 39.3 Å². The first-order chi connectivity index (χ1) is 7.74. The number of aliphatic carboxylic acids is 1. The Morgan fingerprint density at radius 3 is 3.12 bits per heavy atom. The minimum atomic E-state index is -0.776. The van der Waals surface area contributed by atoms with E-state index >= 15 is 0 Å². The third-order valence-electron chi connectivity index (χ3n) is 2.35. The zero-order chi connectivity index (χ0) is 11.8. The maximum Gasteiger partial charge on any atom is 0.304 e. The number of aromatic nitrogens is 2. The number of unbranched alkanes of at least 4 members (excludes halogenated alkanes) is 1. The summed E-state index contributed by atoms with van der Waals surface area (Å²) in [7, 11) is 0. The van der Waals surface area contributed by atoms with Gasteiger partial charge in [-0.1, -0.05) is 13.3 Å². The molecule has 0 aliphatic carbocycles. The van der Waals surface area contributed by atoms with Gasteiger partial charge in [0.25, 0.3) is 0 Å². The molecule has 0 unspecified atom stereocenters. The lowest BCUT2D eigenvalue weighted by Crippen LogP contribution is -2.20. The van der Waals surface area contributed by atoms with Gasteiger partial charge in [0.15, 0.2) is 0 Å². The number of hydrogen-bond acceptors (Lipinski definition) is 3. The Hall–Kier alpha value is -1.36. The van der Waals surface area contributed by atoms with E-state index in [2.05, 4.69) is 21.8 Å². The normalized spacial score (nSPS) is 10.6. The van der Waals surface area contributed by atoms with E-state index in [1.165, 1.54) is 0 Å². The van der Waals surface area contributed by atoms with Gasteiger partial charge in [0.2, 0.25) is 0 Å². The highest BCUT2D eigenvalue weighted by atomic mass is 16.4. The molecule has 0 radical (unpaired) electrons. The van der Waals surface area contributed by atoms with Crippen molar-refractivity contribution in [1.29, 1.82) is 0 Å². The van der Waals surface area contributed by atoms with Gasteiger partial charge in [0.05, 0.1) is 13.0 Å². The Balaban J connectivity index is 2.29. The first kappa shape index (κ1) is 12.7. The van der Waals surface area contributed by atoms with E-state index in [9.17, 15) is 4.79 Å². The van der Waals surface area contributed by atoms with Gasteiger partial charge in [-0.2, -0.15) is 0 Å². The fraction of sp³-hybridized carbons (Fsp3) is 0.636. The second-order valence-electron chi connectivity index (χ2n) is 3.71. The molecule has 0 aliphatic rings. The zero-order valence-electron chi connectivity index (χ0n) is 9.65. The van der Waals surface area contributed by atoms with Gasteiger partial charge in [0.1, 0.15) is 5.82 Å². The minimum absolute atomic E-state index is 0.148. The fourth-order valence-electron chi connectivity index (χ4n) is 1.43. The van der Waals surface area contributed by atoms with Crippen molar-refractivity contribution in [3.05, 3.63) is 18.2 Å². The highest BCUT2D eigenvalue weighted by molar-refractivity contribution is 5.66. The molecule has 0 aliphatic heterocycles. The third-order valence-corrected chi connectivity index (χ3v) is 2.35. The van der Waals surface area contributed by atoms with Crippen LogP contribution in [-0.4, -0.2) is 27.2 Å². The van der Waals surface area contributed by atoms with E-state index < -0.39 is 5.97 Å². The van der Waals surface area contributed by atoms with Crippen molar-refractivity contribution in [3.63, 3.8) is 0 Å². The minimum Gasteiger partial charge on any atom is -0.481 e. The van der Waals surface area contributed by atoms with Crippen LogP contribution in [-0.2, 0) is 17.9 Å². The Morgan fingerprint density at radius 2 is 2.44 bits per heavy atom. The summed E-state index contributed by atoms with van der Waals surface area (Å²) in [6.07, 6.45) is 6.19. The number of carboxylic acid groups (broad SMARTS) is 1. The zero-order valence-corrected chi connectivity index (χ0v) is 9.65. The molecule has 1 heterocycles. The smallest absolute Gasteiger partial charge is 0.304 e. The van der Waals surface area contributed by atoms with Crippen molar-refractivity contribution in [2.24, 2.45) is 0 Å². The summed E-state index contributed by atoms with van der Waals surface area (Å²) in [4.78, 5) is 14.5. The Kier molecular flexibility index (Phi) is 5.56. The molecule has 0 fully saturated rings. The molecule has 0 amide bonds. The van der Waals surface area contributed by atoms with Crippen LogP contribution in [0.4, 0.5) is 0 Å². The molecular weight excluding hydrogens is 206 g/mol. The molecule has 0 bridgehead atoms. The van der Waals surface area contributed by atoms with Crippen molar-refractivity contribution >= 4 is 5.97 Å². The summed E-state index contributed by atoms with van der Waals surface area (Å²) in [5.41, 5.74) is 0. The first-order valence-electron chi connectivity index (χ1n) is 5.66. The summed E-state index contributed by atoms with van der Waals surface area (Å²) in [5.74, 6) is 0.195. The fourth-order valence-corrected chi connectivity index (χ4v) is 1.43. The molecule has 0 saturated carbocycles. The van der Waals surface area contributed by atoms with Gasteiger partial charge >= 0.3 is 5.97 Å². The van der Waals surface area contributed by atoms with Gasteiger partial charge in [-0.15, -0.1) is 0 Å². The third kappa shape index (κ3) is 4.44. The van der Waals surface area contributed by atoms with E-state index in [1.807, 2.05) is 6.20 Å². The summed E-state index contributed by atoms with van der Waals surface area (Å²) < 4.78 is 2.11. The van der Waals surface area contributed by atoms with E-state index in [-0.39, 0.29) is 6.42 Å². The average Bonchev–Trinajstić information content (AvgIpc) is 2.69. The molecule has 2 N–H and O–H groups in total. The molecule has 16 heavy (non-hydrogen) atoms. The standard InChI is InChI=1S/C11H19N3O2/c1-2-3-7-14-8-6-13-10(14)9-12-5-4-11(15)16/h6,8,12H,2-5,7,9H2,1H3,(H,15,16). The molecule has 0 saturated heterocycles. The molecule has 90 valence electrons. The first-order valence-corrected chi connectivity index (χ1v) is 5.66. The topological polar surface area (TPSA) is 67.2 Å². The predicted molar refractivity (Wildman–Crippen MR) is 61.1 cm³/mol.